The predicted molar refractivity (Wildman–Crippen MR) is 100 cm³/mol. The Morgan fingerprint density at radius 3 is 2.61 bits per heavy atom. The first-order valence-corrected chi connectivity index (χ1v) is 9.49. The average Bonchev–Trinajstić information content (AvgIpc) is 2.54. The second-order valence-corrected chi connectivity index (χ2v) is 7.57. The van der Waals surface area contributed by atoms with E-state index in [2.05, 4.69) is 23.1 Å². The van der Waals surface area contributed by atoms with Crippen molar-refractivity contribution < 1.29 is 4.79 Å². The number of amides is 1. The molecule has 0 radical (unpaired) electrons. The maximum Gasteiger partial charge on any atom is 0.248 e. The fourth-order valence-corrected chi connectivity index (χ4v) is 3.58. The minimum Gasteiger partial charge on any atom is -0.358 e. The third-order valence-electron chi connectivity index (χ3n) is 4.13. The standard InChI is InChI=1S/C17H25N3OS2/c1-12-7-9-14(10-8-12)23-11-16(21)19-20-17(22)18-15-6-4-3-5-13(15)2/h7-10,13,15H,3-6,11H2,1-2H3,(H,19,21)(H2,18,20,22)/t13-,15+/m0/s1. The summed E-state index contributed by atoms with van der Waals surface area (Å²) in [5.74, 6) is 0.895. The van der Waals surface area contributed by atoms with Crippen molar-refractivity contribution in [3.8, 4) is 0 Å². The largest absolute Gasteiger partial charge is 0.358 e. The molecule has 4 nitrogen and oxygen atoms in total. The normalized spacial score (nSPS) is 20.6. The lowest BCUT2D eigenvalue weighted by atomic mass is 9.86. The molecule has 23 heavy (non-hydrogen) atoms. The third-order valence-corrected chi connectivity index (χ3v) is 5.37. The molecule has 0 unspecified atom stereocenters. The fraction of sp³-hybridized carbons (Fsp3) is 0.529. The monoisotopic (exact) mass is 351 g/mol. The third kappa shape index (κ3) is 6.39. The predicted octanol–water partition coefficient (Wildman–Crippen LogP) is 3.16. The van der Waals surface area contributed by atoms with E-state index in [-0.39, 0.29) is 5.91 Å². The van der Waals surface area contributed by atoms with Gasteiger partial charge in [0.15, 0.2) is 5.11 Å². The molecule has 0 spiro atoms. The van der Waals surface area contributed by atoms with Gasteiger partial charge in [-0.05, 0) is 50.0 Å². The number of hydrogen-bond donors (Lipinski definition) is 3. The molecule has 1 fully saturated rings. The molecule has 0 saturated heterocycles. The Balaban J connectivity index is 1.65. The number of thiocarbonyl (C=S) groups is 1. The molecule has 1 amide bonds. The zero-order valence-corrected chi connectivity index (χ0v) is 15.4. The Labute approximate surface area is 148 Å². The van der Waals surface area contributed by atoms with E-state index < -0.39 is 0 Å². The van der Waals surface area contributed by atoms with Gasteiger partial charge in [0.1, 0.15) is 0 Å². The molecule has 1 aliphatic carbocycles. The van der Waals surface area contributed by atoms with Crippen molar-refractivity contribution >= 4 is 35.0 Å². The van der Waals surface area contributed by atoms with Gasteiger partial charge in [-0.2, -0.15) is 0 Å². The van der Waals surface area contributed by atoms with E-state index in [0.29, 0.717) is 22.8 Å². The first-order valence-electron chi connectivity index (χ1n) is 8.09. The maximum atomic E-state index is 11.9. The zero-order chi connectivity index (χ0) is 16.7. The molecular weight excluding hydrogens is 326 g/mol. The van der Waals surface area contributed by atoms with Crippen LogP contribution in [0.4, 0.5) is 0 Å². The van der Waals surface area contributed by atoms with Crippen LogP contribution in [0, 0.1) is 12.8 Å². The molecule has 1 saturated carbocycles. The van der Waals surface area contributed by atoms with Crippen LogP contribution in [0.15, 0.2) is 29.2 Å². The van der Waals surface area contributed by atoms with E-state index in [0.717, 1.165) is 11.3 Å². The van der Waals surface area contributed by atoms with Crippen molar-refractivity contribution in [1.29, 1.82) is 0 Å². The van der Waals surface area contributed by atoms with Crippen molar-refractivity contribution in [2.24, 2.45) is 5.92 Å². The van der Waals surface area contributed by atoms with Gasteiger partial charge in [0.05, 0.1) is 5.75 Å². The molecule has 6 heteroatoms. The van der Waals surface area contributed by atoms with Crippen molar-refractivity contribution in [3.05, 3.63) is 29.8 Å². The molecule has 3 N–H and O–H groups in total. The molecule has 126 valence electrons. The van der Waals surface area contributed by atoms with Crippen LogP contribution in [0.25, 0.3) is 0 Å². The van der Waals surface area contributed by atoms with Gasteiger partial charge in [0, 0.05) is 10.9 Å². The smallest absolute Gasteiger partial charge is 0.248 e. The highest BCUT2D eigenvalue weighted by Crippen LogP contribution is 2.23. The van der Waals surface area contributed by atoms with E-state index in [1.807, 2.05) is 31.2 Å². The van der Waals surface area contributed by atoms with Crippen LogP contribution in [0.5, 0.6) is 0 Å². The molecular formula is C17H25N3OS2. The van der Waals surface area contributed by atoms with Gasteiger partial charge in [-0.1, -0.05) is 37.5 Å². The highest BCUT2D eigenvalue weighted by Gasteiger charge is 2.21. The topological polar surface area (TPSA) is 53.2 Å². The van der Waals surface area contributed by atoms with E-state index in [4.69, 9.17) is 12.2 Å². The van der Waals surface area contributed by atoms with E-state index in [1.54, 1.807) is 0 Å². The molecule has 2 atom stereocenters. The van der Waals surface area contributed by atoms with Crippen LogP contribution >= 0.6 is 24.0 Å². The van der Waals surface area contributed by atoms with Crippen molar-refractivity contribution in [3.63, 3.8) is 0 Å². The van der Waals surface area contributed by atoms with Crippen LogP contribution in [0.2, 0.25) is 0 Å². The van der Waals surface area contributed by atoms with Gasteiger partial charge in [0.25, 0.3) is 0 Å². The lowest BCUT2D eigenvalue weighted by Gasteiger charge is -2.30. The van der Waals surface area contributed by atoms with Crippen LogP contribution < -0.4 is 16.2 Å². The summed E-state index contributed by atoms with van der Waals surface area (Å²) in [5, 5.41) is 3.80. The van der Waals surface area contributed by atoms with Crippen molar-refractivity contribution in [2.75, 3.05) is 5.75 Å². The number of benzene rings is 1. The quantitative estimate of drug-likeness (QED) is 0.442. The summed E-state index contributed by atoms with van der Waals surface area (Å²) in [6.07, 6.45) is 4.91. The second-order valence-electron chi connectivity index (χ2n) is 6.12. The number of hydrazine groups is 1. The highest BCUT2D eigenvalue weighted by molar-refractivity contribution is 8.00. The summed E-state index contributed by atoms with van der Waals surface area (Å²) in [6.45, 7) is 4.29. The summed E-state index contributed by atoms with van der Waals surface area (Å²) in [6, 6.07) is 8.54. The molecule has 0 aromatic heterocycles. The Bertz CT molecular complexity index is 533. The minimum absolute atomic E-state index is 0.0867. The number of thioether (sulfide) groups is 1. The van der Waals surface area contributed by atoms with Crippen LogP contribution in [0.3, 0.4) is 0 Å². The highest BCUT2D eigenvalue weighted by atomic mass is 32.2. The number of aryl methyl sites for hydroxylation is 1. The molecule has 1 aromatic rings. The first-order chi connectivity index (χ1) is 11.0. The molecule has 0 heterocycles. The number of rotatable bonds is 4. The van der Waals surface area contributed by atoms with Gasteiger partial charge in [-0.25, -0.2) is 0 Å². The number of carbonyl (C=O) groups excluding carboxylic acids is 1. The van der Waals surface area contributed by atoms with Gasteiger partial charge < -0.3 is 5.32 Å². The molecule has 1 aliphatic rings. The van der Waals surface area contributed by atoms with Gasteiger partial charge >= 0.3 is 0 Å². The van der Waals surface area contributed by atoms with E-state index in [9.17, 15) is 4.79 Å². The fourth-order valence-electron chi connectivity index (χ4n) is 2.68. The zero-order valence-electron chi connectivity index (χ0n) is 13.7. The SMILES string of the molecule is Cc1ccc(SCC(=O)NNC(=S)N[C@@H]2CCCC[C@@H]2C)cc1. The molecule has 0 aliphatic heterocycles. The van der Waals surface area contributed by atoms with Crippen LogP contribution in [-0.4, -0.2) is 22.8 Å². The van der Waals surface area contributed by atoms with Gasteiger partial charge in [0.2, 0.25) is 5.91 Å². The van der Waals surface area contributed by atoms with Crippen LogP contribution in [0.1, 0.15) is 38.2 Å². The average molecular weight is 352 g/mol. The molecule has 2 rings (SSSR count). The first kappa shape index (κ1) is 18.1. The van der Waals surface area contributed by atoms with Crippen molar-refractivity contribution in [2.45, 2.75) is 50.5 Å². The summed E-state index contributed by atoms with van der Waals surface area (Å²) in [5.41, 5.74) is 6.67. The number of carbonyl (C=O) groups is 1. The summed E-state index contributed by atoms with van der Waals surface area (Å²) >= 11 is 6.76. The second kappa shape index (κ2) is 9.13. The summed E-state index contributed by atoms with van der Waals surface area (Å²) < 4.78 is 0. The minimum atomic E-state index is -0.0867. The van der Waals surface area contributed by atoms with Gasteiger partial charge in [-0.15, -0.1) is 11.8 Å². The number of nitrogens with one attached hydrogen (secondary N) is 3. The Hall–Kier alpha value is -1.27. The lowest BCUT2D eigenvalue weighted by Crippen LogP contribution is -2.52. The number of hydrogen-bond acceptors (Lipinski definition) is 3. The molecule has 0 bridgehead atoms. The molecule has 1 aromatic carbocycles. The maximum absolute atomic E-state index is 11.9. The van der Waals surface area contributed by atoms with Crippen molar-refractivity contribution in [1.82, 2.24) is 16.2 Å². The van der Waals surface area contributed by atoms with Crippen LogP contribution in [-0.2, 0) is 4.79 Å². The van der Waals surface area contributed by atoms with E-state index in [1.165, 1.54) is 36.6 Å². The van der Waals surface area contributed by atoms with E-state index >= 15 is 0 Å². The summed E-state index contributed by atoms with van der Waals surface area (Å²) in [7, 11) is 0. The Kier molecular flexibility index (Phi) is 7.17. The summed E-state index contributed by atoms with van der Waals surface area (Å²) in [4.78, 5) is 12.9. The Morgan fingerprint density at radius 1 is 1.22 bits per heavy atom. The Morgan fingerprint density at radius 2 is 1.91 bits per heavy atom. The lowest BCUT2D eigenvalue weighted by molar-refractivity contribution is -0.119. The van der Waals surface area contributed by atoms with Gasteiger partial charge in [-0.3, -0.25) is 15.6 Å².